The Balaban J connectivity index is 1.61. The number of fused-ring (bicyclic) bond motifs is 1. The van der Waals surface area contributed by atoms with Gasteiger partial charge in [-0.2, -0.15) is 0 Å². The maximum atomic E-state index is 11.0. The molecule has 0 N–H and O–H groups in total. The molecular formula is C21H20Cl2O2. The van der Waals surface area contributed by atoms with E-state index in [2.05, 4.69) is 19.1 Å². The normalized spacial score (nSPS) is 14.8. The Morgan fingerprint density at radius 3 is 2.60 bits per heavy atom. The van der Waals surface area contributed by atoms with Crippen LogP contribution in [0.15, 0.2) is 48.0 Å². The summed E-state index contributed by atoms with van der Waals surface area (Å²) >= 11 is 12.2. The van der Waals surface area contributed by atoms with Gasteiger partial charge < -0.3 is 4.74 Å². The standard InChI is InChI=1S/C21H20Cl2O2/c1-14(10-15-2-6-18(22)7-3-15)13-25-19-8-9-20-16(11-19)4-5-17(12-24)21(20)23/h2-3,6-9,11-12,14H,4-5,10,13H2,1H3/t14-/m0/s1. The van der Waals surface area contributed by atoms with Crippen molar-refractivity contribution < 1.29 is 9.53 Å². The summed E-state index contributed by atoms with van der Waals surface area (Å²) < 4.78 is 5.96. The molecule has 0 amide bonds. The highest BCUT2D eigenvalue weighted by Gasteiger charge is 2.18. The molecular weight excluding hydrogens is 355 g/mol. The third-order valence-corrected chi connectivity index (χ3v) is 5.13. The molecule has 130 valence electrons. The zero-order chi connectivity index (χ0) is 17.8. The van der Waals surface area contributed by atoms with E-state index >= 15 is 0 Å². The SMILES string of the molecule is C[C@H](COc1ccc2c(c1)CCC(C=O)=C2Cl)Cc1ccc(Cl)cc1. The average molecular weight is 375 g/mol. The Morgan fingerprint density at radius 1 is 1.12 bits per heavy atom. The Morgan fingerprint density at radius 2 is 1.88 bits per heavy atom. The maximum Gasteiger partial charge on any atom is 0.147 e. The Kier molecular flexibility index (Phi) is 5.82. The van der Waals surface area contributed by atoms with Gasteiger partial charge in [0.1, 0.15) is 12.0 Å². The molecule has 1 aliphatic rings. The summed E-state index contributed by atoms with van der Waals surface area (Å²) in [6, 6.07) is 13.8. The van der Waals surface area contributed by atoms with Gasteiger partial charge in [0, 0.05) is 10.6 Å². The number of allylic oxidation sites excluding steroid dienone is 1. The van der Waals surface area contributed by atoms with Crippen molar-refractivity contribution in [3.05, 3.63) is 69.8 Å². The predicted octanol–water partition coefficient (Wildman–Crippen LogP) is 5.69. The van der Waals surface area contributed by atoms with Crippen molar-refractivity contribution in [1.29, 1.82) is 0 Å². The van der Waals surface area contributed by atoms with Crippen molar-refractivity contribution >= 4 is 34.5 Å². The van der Waals surface area contributed by atoms with Gasteiger partial charge in [-0.3, -0.25) is 4.79 Å². The molecule has 0 saturated heterocycles. The molecule has 0 spiro atoms. The number of rotatable bonds is 6. The lowest BCUT2D eigenvalue weighted by atomic mass is 9.92. The number of carbonyl (C=O) groups excluding carboxylic acids is 1. The third-order valence-electron chi connectivity index (χ3n) is 4.43. The van der Waals surface area contributed by atoms with Crippen molar-refractivity contribution in [2.45, 2.75) is 26.2 Å². The van der Waals surface area contributed by atoms with Crippen molar-refractivity contribution in [3.63, 3.8) is 0 Å². The van der Waals surface area contributed by atoms with E-state index in [9.17, 15) is 4.79 Å². The first-order chi connectivity index (χ1) is 12.1. The van der Waals surface area contributed by atoms with Gasteiger partial charge in [-0.1, -0.05) is 42.3 Å². The summed E-state index contributed by atoms with van der Waals surface area (Å²) in [7, 11) is 0. The smallest absolute Gasteiger partial charge is 0.147 e. The van der Waals surface area contributed by atoms with Gasteiger partial charge in [0.05, 0.1) is 11.6 Å². The molecule has 4 heteroatoms. The van der Waals surface area contributed by atoms with Crippen LogP contribution in [0.2, 0.25) is 5.02 Å². The quantitative estimate of drug-likeness (QED) is 0.606. The Labute approximate surface area is 158 Å². The lowest BCUT2D eigenvalue weighted by Gasteiger charge is -2.19. The zero-order valence-electron chi connectivity index (χ0n) is 14.1. The van der Waals surface area contributed by atoms with E-state index in [0.717, 1.165) is 41.0 Å². The highest BCUT2D eigenvalue weighted by Crippen LogP contribution is 2.35. The lowest BCUT2D eigenvalue weighted by molar-refractivity contribution is -0.105. The number of aryl methyl sites for hydroxylation is 1. The Bertz CT molecular complexity index is 794. The van der Waals surface area contributed by atoms with Crippen molar-refractivity contribution in [2.24, 2.45) is 5.92 Å². The summed E-state index contributed by atoms with van der Waals surface area (Å²) in [5.41, 5.74) is 4.01. The number of halogens is 2. The molecule has 0 bridgehead atoms. The molecule has 1 atom stereocenters. The zero-order valence-corrected chi connectivity index (χ0v) is 15.6. The fraction of sp³-hybridized carbons (Fsp3) is 0.286. The van der Waals surface area contributed by atoms with Gasteiger partial charge in [-0.15, -0.1) is 0 Å². The van der Waals surface area contributed by atoms with Crippen molar-refractivity contribution in [2.75, 3.05) is 6.61 Å². The fourth-order valence-corrected chi connectivity index (χ4v) is 3.51. The molecule has 0 unspecified atom stereocenters. The summed E-state index contributed by atoms with van der Waals surface area (Å²) in [5.74, 6) is 1.24. The molecule has 0 fully saturated rings. The molecule has 1 aliphatic carbocycles. The molecule has 2 nitrogen and oxygen atoms in total. The molecule has 2 aromatic rings. The topological polar surface area (TPSA) is 26.3 Å². The van der Waals surface area contributed by atoms with Crippen LogP contribution in [-0.4, -0.2) is 12.9 Å². The van der Waals surface area contributed by atoms with Crippen LogP contribution >= 0.6 is 23.2 Å². The van der Waals surface area contributed by atoms with Crippen molar-refractivity contribution in [1.82, 2.24) is 0 Å². The minimum Gasteiger partial charge on any atom is -0.493 e. The first-order valence-electron chi connectivity index (χ1n) is 8.41. The van der Waals surface area contributed by atoms with Crippen LogP contribution in [-0.2, 0) is 17.6 Å². The van der Waals surface area contributed by atoms with Crippen LogP contribution in [0, 0.1) is 5.92 Å². The molecule has 0 aromatic heterocycles. The third kappa shape index (κ3) is 4.45. The van der Waals surface area contributed by atoms with Gasteiger partial charge in [0.2, 0.25) is 0 Å². The number of benzene rings is 2. The largest absolute Gasteiger partial charge is 0.493 e. The lowest BCUT2D eigenvalue weighted by Crippen LogP contribution is -2.12. The number of carbonyl (C=O) groups is 1. The average Bonchev–Trinajstić information content (AvgIpc) is 2.62. The minimum absolute atomic E-state index is 0.391. The first-order valence-corrected chi connectivity index (χ1v) is 9.16. The van der Waals surface area contributed by atoms with Crippen LogP contribution in [0.4, 0.5) is 0 Å². The van der Waals surface area contributed by atoms with Crippen LogP contribution in [0.3, 0.4) is 0 Å². The molecule has 2 aromatic carbocycles. The second kappa shape index (κ2) is 8.07. The second-order valence-corrected chi connectivity index (χ2v) is 7.34. The summed E-state index contributed by atoms with van der Waals surface area (Å²) in [5, 5.41) is 1.33. The van der Waals surface area contributed by atoms with Crippen LogP contribution in [0.25, 0.3) is 5.03 Å². The predicted molar refractivity (Wildman–Crippen MR) is 103 cm³/mol. The summed E-state index contributed by atoms with van der Waals surface area (Å²) in [6.07, 6.45) is 3.30. The second-order valence-electron chi connectivity index (χ2n) is 6.52. The number of hydrogen-bond donors (Lipinski definition) is 0. The van der Waals surface area contributed by atoms with E-state index in [1.165, 1.54) is 5.56 Å². The van der Waals surface area contributed by atoms with Gasteiger partial charge in [-0.05, 0) is 72.2 Å². The van der Waals surface area contributed by atoms with Crippen LogP contribution in [0.1, 0.15) is 30.0 Å². The van der Waals surface area contributed by atoms with Gasteiger partial charge in [0.25, 0.3) is 0 Å². The molecule has 0 heterocycles. The van der Waals surface area contributed by atoms with E-state index in [1.807, 2.05) is 30.3 Å². The minimum atomic E-state index is 0.391. The molecule has 3 rings (SSSR count). The Hall–Kier alpha value is -1.77. The van der Waals surface area contributed by atoms with Crippen molar-refractivity contribution in [3.8, 4) is 5.75 Å². The number of aldehydes is 1. The van der Waals surface area contributed by atoms with Gasteiger partial charge >= 0.3 is 0 Å². The molecule has 0 radical (unpaired) electrons. The molecule has 0 aliphatic heterocycles. The van der Waals surface area contributed by atoms with E-state index in [4.69, 9.17) is 27.9 Å². The number of ether oxygens (including phenoxy) is 1. The van der Waals surface area contributed by atoms with E-state index < -0.39 is 0 Å². The van der Waals surface area contributed by atoms with Crippen LogP contribution in [0.5, 0.6) is 5.75 Å². The first kappa shape index (κ1) is 18.0. The fourth-order valence-electron chi connectivity index (χ4n) is 3.06. The van der Waals surface area contributed by atoms with E-state index in [-0.39, 0.29) is 0 Å². The van der Waals surface area contributed by atoms with Gasteiger partial charge in [0.15, 0.2) is 0 Å². The van der Waals surface area contributed by atoms with Gasteiger partial charge in [-0.25, -0.2) is 0 Å². The monoisotopic (exact) mass is 374 g/mol. The molecule has 0 saturated carbocycles. The summed E-state index contributed by atoms with van der Waals surface area (Å²) in [4.78, 5) is 11.0. The van der Waals surface area contributed by atoms with E-state index in [1.54, 1.807) is 0 Å². The molecule has 25 heavy (non-hydrogen) atoms. The van der Waals surface area contributed by atoms with E-state index in [0.29, 0.717) is 29.6 Å². The van der Waals surface area contributed by atoms with Crippen LogP contribution < -0.4 is 4.74 Å². The highest BCUT2D eigenvalue weighted by molar-refractivity contribution is 6.50. The summed E-state index contributed by atoms with van der Waals surface area (Å²) in [6.45, 7) is 2.81. The maximum absolute atomic E-state index is 11.0. The number of hydrogen-bond acceptors (Lipinski definition) is 2. The highest BCUT2D eigenvalue weighted by atomic mass is 35.5.